The molecule has 0 amide bonds. The number of ether oxygens (including phenoxy) is 4. The van der Waals surface area contributed by atoms with Gasteiger partial charge in [-0.1, -0.05) is 237 Å². The number of nitrogens with zero attached hydrogens (tertiary/aromatic N) is 1. The lowest BCUT2D eigenvalue weighted by molar-refractivity contribution is -0.870. The summed E-state index contributed by atoms with van der Waals surface area (Å²) in [4.78, 5) is 37.3. The van der Waals surface area contributed by atoms with E-state index in [1.165, 1.54) is 89.9 Å². The summed E-state index contributed by atoms with van der Waals surface area (Å²) < 4.78 is 22.6. The van der Waals surface area contributed by atoms with E-state index in [2.05, 4.69) is 148 Å². The lowest BCUT2D eigenvalue weighted by Crippen LogP contribution is -2.44. The van der Waals surface area contributed by atoms with Crippen molar-refractivity contribution in [2.75, 3.05) is 47.5 Å². The van der Waals surface area contributed by atoms with Crippen LogP contribution in [-0.2, 0) is 33.3 Å². The number of aliphatic carboxylic acids is 1. The average Bonchev–Trinajstić information content (AvgIpc) is 3.40. The van der Waals surface area contributed by atoms with Crippen LogP contribution in [0.3, 0.4) is 0 Å². The second-order valence-electron chi connectivity index (χ2n) is 20.9. The Bertz CT molecular complexity index is 1720. The summed E-state index contributed by atoms with van der Waals surface area (Å²) >= 11 is 0. The van der Waals surface area contributed by atoms with Gasteiger partial charge in [0.25, 0.3) is 0 Å². The van der Waals surface area contributed by atoms with E-state index in [4.69, 9.17) is 18.9 Å². The van der Waals surface area contributed by atoms with E-state index >= 15 is 0 Å². The summed E-state index contributed by atoms with van der Waals surface area (Å²) in [6.45, 7) is 4.44. The lowest BCUT2D eigenvalue weighted by atomic mass is 10.0. The third-order valence-corrected chi connectivity index (χ3v) is 12.4. The monoisotopic (exact) mass is 1070 g/mol. The number of unbranched alkanes of at least 4 members (excludes halogenated alkanes) is 17. The predicted molar refractivity (Wildman–Crippen MR) is 324 cm³/mol. The van der Waals surface area contributed by atoms with Crippen molar-refractivity contribution in [1.29, 1.82) is 0 Å². The molecule has 0 saturated carbocycles. The third-order valence-electron chi connectivity index (χ3n) is 12.4. The van der Waals surface area contributed by atoms with Crippen LogP contribution in [0.5, 0.6) is 0 Å². The molecule has 0 spiro atoms. The van der Waals surface area contributed by atoms with Crippen molar-refractivity contribution in [3.8, 4) is 0 Å². The Balaban J connectivity index is 4.29. The van der Waals surface area contributed by atoms with Crippen LogP contribution >= 0.6 is 0 Å². The van der Waals surface area contributed by atoms with E-state index in [9.17, 15) is 19.5 Å². The molecule has 0 bridgehead atoms. The van der Waals surface area contributed by atoms with Gasteiger partial charge in [-0.2, -0.15) is 0 Å². The number of allylic oxidation sites excluding steroid dienone is 22. The molecule has 0 rings (SSSR count). The molecule has 0 aliphatic carbocycles. The first-order valence-electron chi connectivity index (χ1n) is 30.3. The number of likely N-dealkylation sites (N-methyl/N-ethyl adjacent to an activating group) is 1. The highest BCUT2D eigenvalue weighted by Gasteiger charge is 2.22. The number of esters is 2. The standard InChI is InChI=1S/C68H111NO8/c1-6-8-10-12-14-16-18-20-22-24-26-28-30-31-32-33-34-35-37-38-40-42-44-46-48-50-52-54-56-58-65(70)75-62-64(63-76-68(67(72)73)74-61-60-69(3,4)5)77-66(71)59-57-55-53-51-49-47-45-43-41-39-36-29-27-25-23-21-19-17-15-13-11-9-7-2/h8-11,14-17,20-23,26-29,39,41,45,47,51,53,64,68H,6-7,12-13,18-19,24-25,30-38,40,42-44,46,48-50,52,54-63H2,1-5H3/b10-8-,11-9-,16-14-,17-15-,22-20-,23-21-,28-26-,29-27-,41-39-,47-45-,53-51-. The maximum atomic E-state index is 12.8. The zero-order valence-electron chi connectivity index (χ0n) is 49.5. The molecule has 0 aromatic carbocycles. The average molecular weight is 1070 g/mol. The van der Waals surface area contributed by atoms with E-state index in [1.807, 2.05) is 21.1 Å². The zero-order chi connectivity index (χ0) is 56.2. The summed E-state index contributed by atoms with van der Waals surface area (Å²) in [6.07, 6.45) is 79.5. The molecule has 2 unspecified atom stereocenters. The van der Waals surface area contributed by atoms with Crippen LogP contribution in [0.1, 0.15) is 219 Å². The van der Waals surface area contributed by atoms with E-state index in [1.54, 1.807) is 0 Å². The number of hydrogen-bond acceptors (Lipinski definition) is 8. The molecule has 0 radical (unpaired) electrons. The zero-order valence-corrected chi connectivity index (χ0v) is 49.5. The molecule has 436 valence electrons. The van der Waals surface area contributed by atoms with Gasteiger partial charge in [0, 0.05) is 12.8 Å². The van der Waals surface area contributed by atoms with Crippen LogP contribution in [0, 0.1) is 0 Å². The molecule has 0 aliphatic heterocycles. The topological polar surface area (TPSA) is 111 Å². The van der Waals surface area contributed by atoms with Gasteiger partial charge in [-0.05, 0) is 103 Å². The van der Waals surface area contributed by atoms with Gasteiger partial charge in [0.05, 0.1) is 40.3 Å². The SMILES string of the molecule is CC/C=C\C/C=C\C/C=C\C/C=C\C/C=C\C/C=C\C/C=C\CCCC(=O)OC(COC(=O)CCCCCCCCCCCCCCCCCC/C=C\C/C=C\C/C=C\C/C=C\CC)COC(OCC[N+](C)(C)C)C(=O)[O-]. The van der Waals surface area contributed by atoms with Crippen molar-refractivity contribution in [2.45, 2.75) is 232 Å². The van der Waals surface area contributed by atoms with Gasteiger partial charge in [-0.3, -0.25) is 9.59 Å². The molecule has 0 aromatic heterocycles. The predicted octanol–water partition coefficient (Wildman–Crippen LogP) is 16.9. The van der Waals surface area contributed by atoms with Crippen LogP contribution in [0.25, 0.3) is 0 Å². The molecule has 9 nitrogen and oxygen atoms in total. The molecule has 0 aromatic rings. The van der Waals surface area contributed by atoms with Gasteiger partial charge >= 0.3 is 11.9 Å². The molecule has 0 aliphatic rings. The minimum atomic E-state index is -1.65. The van der Waals surface area contributed by atoms with Gasteiger partial charge in [-0.25, -0.2) is 0 Å². The van der Waals surface area contributed by atoms with Crippen molar-refractivity contribution < 1.29 is 42.9 Å². The summed E-state index contributed by atoms with van der Waals surface area (Å²) in [7, 11) is 5.89. The Morgan fingerprint density at radius 2 is 0.714 bits per heavy atom. The van der Waals surface area contributed by atoms with Crippen molar-refractivity contribution >= 4 is 17.9 Å². The van der Waals surface area contributed by atoms with Gasteiger partial charge in [0.2, 0.25) is 0 Å². The summed E-state index contributed by atoms with van der Waals surface area (Å²) in [5.41, 5.74) is 0. The summed E-state index contributed by atoms with van der Waals surface area (Å²) in [5, 5.41) is 11.8. The summed E-state index contributed by atoms with van der Waals surface area (Å²) in [5.74, 6) is -2.38. The number of carbonyl (C=O) groups is 3. The molecular formula is C68H111NO8. The van der Waals surface area contributed by atoms with Crippen LogP contribution in [0.4, 0.5) is 0 Å². The van der Waals surface area contributed by atoms with Gasteiger partial charge in [0.15, 0.2) is 12.4 Å². The first-order chi connectivity index (χ1) is 37.6. The molecular weight excluding hydrogens is 959 g/mol. The lowest BCUT2D eigenvalue weighted by Gasteiger charge is -2.26. The highest BCUT2D eigenvalue weighted by atomic mass is 16.7. The maximum absolute atomic E-state index is 12.8. The van der Waals surface area contributed by atoms with Crippen LogP contribution in [0.2, 0.25) is 0 Å². The van der Waals surface area contributed by atoms with Gasteiger partial charge in [-0.15, -0.1) is 0 Å². The fourth-order valence-electron chi connectivity index (χ4n) is 7.81. The Labute approximate surface area is 471 Å². The molecule has 0 heterocycles. The van der Waals surface area contributed by atoms with Crippen molar-refractivity contribution in [1.82, 2.24) is 0 Å². The van der Waals surface area contributed by atoms with Gasteiger partial charge < -0.3 is 33.3 Å². The first kappa shape index (κ1) is 72.4. The maximum Gasteiger partial charge on any atom is 0.306 e. The normalized spacial score (nSPS) is 13.7. The van der Waals surface area contributed by atoms with Crippen LogP contribution in [0.15, 0.2) is 134 Å². The van der Waals surface area contributed by atoms with Crippen molar-refractivity contribution in [3.63, 3.8) is 0 Å². The molecule has 0 fully saturated rings. The molecule has 77 heavy (non-hydrogen) atoms. The quantitative estimate of drug-likeness (QED) is 0.0195. The fourth-order valence-corrected chi connectivity index (χ4v) is 7.81. The van der Waals surface area contributed by atoms with Crippen molar-refractivity contribution in [3.05, 3.63) is 134 Å². The van der Waals surface area contributed by atoms with E-state index < -0.39 is 24.3 Å². The second kappa shape index (κ2) is 57.6. The molecule has 0 saturated heterocycles. The Hall–Kier alpha value is -4.57. The Morgan fingerprint density at radius 1 is 0.390 bits per heavy atom. The van der Waals surface area contributed by atoms with Gasteiger partial charge in [0.1, 0.15) is 13.2 Å². The highest BCUT2D eigenvalue weighted by Crippen LogP contribution is 2.15. The minimum absolute atomic E-state index is 0.130. The van der Waals surface area contributed by atoms with E-state index in [-0.39, 0.29) is 38.6 Å². The minimum Gasteiger partial charge on any atom is -0.545 e. The fraction of sp³-hybridized carbons (Fsp3) is 0.632. The van der Waals surface area contributed by atoms with E-state index in [0.717, 1.165) is 89.9 Å². The van der Waals surface area contributed by atoms with Crippen LogP contribution < -0.4 is 5.11 Å². The number of rotatable bonds is 54. The summed E-state index contributed by atoms with van der Waals surface area (Å²) in [6, 6.07) is 0. The smallest absolute Gasteiger partial charge is 0.306 e. The van der Waals surface area contributed by atoms with Crippen LogP contribution in [-0.4, -0.2) is 82.3 Å². The highest BCUT2D eigenvalue weighted by molar-refractivity contribution is 5.70. The number of hydrogen-bond donors (Lipinski definition) is 0. The molecule has 9 heteroatoms. The molecule has 0 N–H and O–H groups in total. The largest absolute Gasteiger partial charge is 0.545 e. The number of carboxylic acid groups (broad SMARTS) is 1. The Morgan fingerprint density at radius 3 is 1.08 bits per heavy atom. The first-order valence-corrected chi connectivity index (χ1v) is 30.3. The Kier molecular flexibility index (Phi) is 54.2. The number of carboxylic acids is 1. The number of quaternary nitrogens is 1. The third kappa shape index (κ3) is 58.9. The van der Waals surface area contributed by atoms with E-state index in [0.29, 0.717) is 23.9 Å². The van der Waals surface area contributed by atoms with Crippen molar-refractivity contribution in [2.24, 2.45) is 0 Å². The molecule has 2 atom stereocenters. The second-order valence-corrected chi connectivity index (χ2v) is 20.9. The number of carbonyl (C=O) groups excluding carboxylic acids is 3.